The van der Waals surface area contributed by atoms with Crippen LogP contribution in [0.25, 0.3) is 10.6 Å². The van der Waals surface area contributed by atoms with E-state index in [1.165, 1.54) is 11.3 Å². The Morgan fingerprint density at radius 1 is 1.36 bits per heavy atom. The summed E-state index contributed by atoms with van der Waals surface area (Å²) in [6.07, 6.45) is 0.341. The van der Waals surface area contributed by atoms with Gasteiger partial charge in [-0.1, -0.05) is 0 Å². The summed E-state index contributed by atoms with van der Waals surface area (Å²) in [5, 5.41) is 6.13. The Labute approximate surface area is 151 Å². The maximum atomic E-state index is 12.5. The Morgan fingerprint density at radius 2 is 2.16 bits per heavy atom. The van der Waals surface area contributed by atoms with Crippen LogP contribution in [0, 0.1) is 0 Å². The van der Waals surface area contributed by atoms with Crippen molar-refractivity contribution in [1.29, 1.82) is 0 Å². The van der Waals surface area contributed by atoms with Gasteiger partial charge in [0.1, 0.15) is 5.01 Å². The molecule has 0 bridgehead atoms. The molecule has 1 aromatic carbocycles. The maximum Gasteiger partial charge on any atom is 0.228 e. The second kappa shape index (κ2) is 7.84. The zero-order valence-electron chi connectivity index (χ0n) is 14.7. The van der Waals surface area contributed by atoms with Crippen molar-refractivity contribution in [2.24, 2.45) is 0 Å². The number of aromatic nitrogens is 1. The molecule has 6 nitrogen and oxygen atoms in total. The third kappa shape index (κ3) is 3.93. The van der Waals surface area contributed by atoms with Crippen LogP contribution in [-0.2, 0) is 11.2 Å². The van der Waals surface area contributed by atoms with Crippen molar-refractivity contribution in [2.75, 3.05) is 33.9 Å². The van der Waals surface area contributed by atoms with E-state index in [0.29, 0.717) is 17.9 Å². The van der Waals surface area contributed by atoms with Crippen LogP contribution >= 0.6 is 11.3 Å². The Hall–Kier alpha value is -2.12. The number of hydrogen-bond acceptors (Lipinski definition) is 6. The highest BCUT2D eigenvalue weighted by Gasteiger charge is 2.23. The van der Waals surface area contributed by atoms with Gasteiger partial charge in [0.05, 0.1) is 26.3 Å². The van der Waals surface area contributed by atoms with E-state index >= 15 is 0 Å². The number of amides is 1. The number of thiazole rings is 1. The lowest BCUT2D eigenvalue weighted by atomic mass is 10.2. The fourth-order valence-electron chi connectivity index (χ4n) is 2.96. The lowest BCUT2D eigenvalue weighted by molar-refractivity contribution is -0.133. The minimum Gasteiger partial charge on any atom is -0.493 e. The number of benzene rings is 1. The minimum atomic E-state index is 0.137. The minimum absolute atomic E-state index is 0.137. The van der Waals surface area contributed by atoms with E-state index in [1.54, 1.807) is 14.2 Å². The highest BCUT2D eigenvalue weighted by Crippen LogP contribution is 2.33. The number of carbonyl (C=O) groups excluding carboxylic acids is 1. The summed E-state index contributed by atoms with van der Waals surface area (Å²) in [4.78, 5) is 19.1. The van der Waals surface area contributed by atoms with E-state index < -0.39 is 0 Å². The molecule has 1 aliphatic heterocycles. The molecule has 1 aromatic heterocycles. The van der Waals surface area contributed by atoms with E-state index in [9.17, 15) is 4.79 Å². The standard InChI is InChI=1S/C18H23N3O3S/c1-12-10-19-6-7-21(12)17(22)9-14-11-25-18(20-14)13-4-5-15(23-2)16(8-13)24-3/h4-5,8,11-12,19H,6-7,9-10H2,1-3H3. The molecule has 1 amide bonds. The summed E-state index contributed by atoms with van der Waals surface area (Å²) in [5.41, 5.74) is 1.77. The summed E-state index contributed by atoms with van der Waals surface area (Å²) in [6.45, 7) is 4.52. The molecule has 3 rings (SSSR count). The number of piperazine rings is 1. The zero-order chi connectivity index (χ0) is 17.8. The fraction of sp³-hybridized carbons (Fsp3) is 0.444. The molecule has 25 heavy (non-hydrogen) atoms. The van der Waals surface area contributed by atoms with Gasteiger partial charge in [-0.25, -0.2) is 4.98 Å². The van der Waals surface area contributed by atoms with Crippen LogP contribution in [0.3, 0.4) is 0 Å². The van der Waals surface area contributed by atoms with E-state index in [2.05, 4.69) is 17.2 Å². The highest BCUT2D eigenvalue weighted by atomic mass is 32.1. The summed E-state index contributed by atoms with van der Waals surface area (Å²) < 4.78 is 10.6. The van der Waals surface area contributed by atoms with Crippen molar-refractivity contribution in [1.82, 2.24) is 15.2 Å². The van der Waals surface area contributed by atoms with Crippen molar-refractivity contribution in [3.05, 3.63) is 29.3 Å². The maximum absolute atomic E-state index is 12.5. The molecule has 0 saturated carbocycles. The number of nitrogens with one attached hydrogen (secondary N) is 1. The molecule has 7 heteroatoms. The lowest BCUT2D eigenvalue weighted by Crippen LogP contribution is -2.52. The van der Waals surface area contributed by atoms with Gasteiger partial charge in [-0.2, -0.15) is 0 Å². The summed E-state index contributed by atoms with van der Waals surface area (Å²) in [5.74, 6) is 1.49. The predicted octanol–water partition coefficient (Wildman–Crippen LogP) is 2.19. The van der Waals surface area contributed by atoms with Gasteiger partial charge in [-0.3, -0.25) is 4.79 Å². The van der Waals surface area contributed by atoms with Crippen molar-refractivity contribution < 1.29 is 14.3 Å². The predicted molar refractivity (Wildman–Crippen MR) is 98.4 cm³/mol. The van der Waals surface area contributed by atoms with Crippen molar-refractivity contribution in [3.8, 4) is 22.1 Å². The molecule has 0 radical (unpaired) electrons. The van der Waals surface area contributed by atoms with Gasteiger partial charge in [-0.05, 0) is 25.1 Å². The SMILES string of the molecule is COc1ccc(-c2nc(CC(=O)N3CCNCC3C)cs2)cc1OC. The average Bonchev–Trinajstić information content (AvgIpc) is 3.09. The first-order valence-electron chi connectivity index (χ1n) is 8.29. The van der Waals surface area contributed by atoms with E-state index in [1.807, 2.05) is 28.5 Å². The van der Waals surface area contributed by atoms with Gasteiger partial charge in [-0.15, -0.1) is 11.3 Å². The number of rotatable bonds is 5. The summed E-state index contributed by atoms with van der Waals surface area (Å²) in [6, 6.07) is 5.94. The third-order valence-electron chi connectivity index (χ3n) is 4.34. The van der Waals surface area contributed by atoms with Crippen molar-refractivity contribution in [3.63, 3.8) is 0 Å². The molecule has 1 saturated heterocycles. The first-order valence-corrected chi connectivity index (χ1v) is 9.17. The lowest BCUT2D eigenvalue weighted by Gasteiger charge is -2.33. The van der Waals surface area contributed by atoms with Crippen molar-refractivity contribution in [2.45, 2.75) is 19.4 Å². The van der Waals surface area contributed by atoms with Gasteiger partial charge in [0.2, 0.25) is 5.91 Å². The summed E-state index contributed by atoms with van der Waals surface area (Å²) >= 11 is 1.53. The molecule has 1 aliphatic rings. The van der Waals surface area contributed by atoms with Gasteiger partial charge in [0.15, 0.2) is 11.5 Å². The molecular weight excluding hydrogens is 338 g/mol. The average molecular weight is 361 g/mol. The number of ether oxygens (including phenoxy) is 2. The molecule has 2 aromatic rings. The first kappa shape index (κ1) is 17.7. The van der Waals surface area contributed by atoms with Crippen LogP contribution in [-0.4, -0.2) is 55.7 Å². The number of methoxy groups -OCH3 is 2. The molecule has 2 heterocycles. The topological polar surface area (TPSA) is 63.7 Å². The quantitative estimate of drug-likeness (QED) is 0.884. The van der Waals surface area contributed by atoms with Crippen LogP contribution in [0.1, 0.15) is 12.6 Å². The third-order valence-corrected chi connectivity index (χ3v) is 5.28. The van der Waals surface area contributed by atoms with Crippen LogP contribution in [0.15, 0.2) is 23.6 Å². The Morgan fingerprint density at radius 3 is 2.88 bits per heavy atom. The van der Waals surface area contributed by atoms with Crippen LogP contribution < -0.4 is 14.8 Å². The van der Waals surface area contributed by atoms with Crippen LogP contribution in [0.2, 0.25) is 0 Å². The van der Waals surface area contributed by atoms with Crippen LogP contribution in [0.4, 0.5) is 0 Å². The highest BCUT2D eigenvalue weighted by molar-refractivity contribution is 7.13. The molecule has 1 N–H and O–H groups in total. The Kier molecular flexibility index (Phi) is 5.55. The molecule has 1 unspecified atom stereocenters. The Bertz CT molecular complexity index is 747. The first-order chi connectivity index (χ1) is 12.1. The molecule has 0 aliphatic carbocycles. The Balaban J connectivity index is 1.73. The van der Waals surface area contributed by atoms with Crippen molar-refractivity contribution >= 4 is 17.2 Å². The van der Waals surface area contributed by atoms with E-state index in [-0.39, 0.29) is 11.9 Å². The number of carbonyl (C=O) groups is 1. The molecule has 0 spiro atoms. The molecule has 134 valence electrons. The van der Waals surface area contributed by atoms with Crippen LogP contribution in [0.5, 0.6) is 11.5 Å². The molecule has 1 fully saturated rings. The monoisotopic (exact) mass is 361 g/mol. The number of hydrogen-bond donors (Lipinski definition) is 1. The second-order valence-electron chi connectivity index (χ2n) is 6.03. The number of nitrogens with zero attached hydrogens (tertiary/aromatic N) is 2. The van der Waals surface area contributed by atoms with Gasteiger partial charge in [0, 0.05) is 36.6 Å². The normalized spacial score (nSPS) is 17.4. The molecule has 1 atom stereocenters. The second-order valence-corrected chi connectivity index (χ2v) is 6.89. The van der Waals surface area contributed by atoms with Gasteiger partial charge in [0.25, 0.3) is 0 Å². The van der Waals surface area contributed by atoms with E-state index in [4.69, 9.17) is 9.47 Å². The fourth-order valence-corrected chi connectivity index (χ4v) is 3.77. The van der Waals surface area contributed by atoms with E-state index in [0.717, 1.165) is 35.9 Å². The zero-order valence-corrected chi connectivity index (χ0v) is 15.6. The van der Waals surface area contributed by atoms with Gasteiger partial charge < -0.3 is 19.7 Å². The smallest absolute Gasteiger partial charge is 0.228 e. The summed E-state index contributed by atoms with van der Waals surface area (Å²) in [7, 11) is 3.23. The van der Waals surface area contributed by atoms with Gasteiger partial charge >= 0.3 is 0 Å². The molecular formula is C18H23N3O3S. The largest absolute Gasteiger partial charge is 0.493 e.